The molecule has 0 bridgehead atoms. The molecule has 0 spiro atoms. The van der Waals surface area contributed by atoms with Gasteiger partial charge in [0.1, 0.15) is 5.75 Å². The van der Waals surface area contributed by atoms with Crippen molar-refractivity contribution in [2.75, 3.05) is 13.7 Å². The summed E-state index contributed by atoms with van der Waals surface area (Å²) in [6.07, 6.45) is 2.24. The fraction of sp³-hybridized carbons (Fsp3) is 0.350. The van der Waals surface area contributed by atoms with Gasteiger partial charge in [0.25, 0.3) is 0 Å². The first-order valence-electron chi connectivity index (χ1n) is 8.17. The second-order valence-electron chi connectivity index (χ2n) is 5.67. The molecule has 0 aliphatic carbocycles. The molecule has 3 heteroatoms. The van der Waals surface area contributed by atoms with Crippen molar-refractivity contribution in [1.82, 2.24) is 5.32 Å². The van der Waals surface area contributed by atoms with E-state index in [0.29, 0.717) is 18.9 Å². The van der Waals surface area contributed by atoms with Crippen molar-refractivity contribution < 1.29 is 9.53 Å². The van der Waals surface area contributed by atoms with Crippen LogP contribution in [0.4, 0.5) is 0 Å². The first-order valence-corrected chi connectivity index (χ1v) is 8.17. The summed E-state index contributed by atoms with van der Waals surface area (Å²) < 4.78 is 5.20. The standard InChI is InChI=1S/C20H25NO2/c1-3-17(18-9-5-4-6-10-18)15-21-20(22)13-12-16-8-7-11-19(14-16)23-2/h4-11,14,17H,3,12-13,15H2,1-2H3,(H,21,22). The van der Waals surface area contributed by atoms with Crippen molar-refractivity contribution in [2.45, 2.75) is 32.1 Å². The van der Waals surface area contributed by atoms with E-state index in [1.807, 2.05) is 42.5 Å². The van der Waals surface area contributed by atoms with Gasteiger partial charge in [0, 0.05) is 18.9 Å². The lowest BCUT2D eigenvalue weighted by Crippen LogP contribution is -2.28. The quantitative estimate of drug-likeness (QED) is 0.802. The van der Waals surface area contributed by atoms with Crippen molar-refractivity contribution in [3.05, 3.63) is 65.7 Å². The number of ether oxygens (including phenoxy) is 1. The summed E-state index contributed by atoms with van der Waals surface area (Å²) in [6, 6.07) is 18.2. The Morgan fingerprint density at radius 3 is 2.61 bits per heavy atom. The molecule has 0 aliphatic heterocycles. The zero-order valence-electron chi connectivity index (χ0n) is 13.9. The van der Waals surface area contributed by atoms with Gasteiger partial charge in [0.2, 0.25) is 5.91 Å². The molecule has 0 fully saturated rings. The van der Waals surface area contributed by atoms with Crippen LogP contribution in [-0.2, 0) is 11.2 Å². The van der Waals surface area contributed by atoms with Crippen LogP contribution in [0, 0.1) is 0 Å². The van der Waals surface area contributed by atoms with Crippen LogP contribution in [0.3, 0.4) is 0 Å². The van der Waals surface area contributed by atoms with Crippen LogP contribution in [0.25, 0.3) is 0 Å². The van der Waals surface area contributed by atoms with Gasteiger partial charge in [0.15, 0.2) is 0 Å². The predicted octanol–water partition coefficient (Wildman–Crippen LogP) is 3.94. The highest BCUT2D eigenvalue weighted by Crippen LogP contribution is 2.18. The molecule has 1 N–H and O–H groups in total. The van der Waals surface area contributed by atoms with Crippen LogP contribution in [0.2, 0.25) is 0 Å². The zero-order valence-corrected chi connectivity index (χ0v) is 13.9. The van der Waals surface area contributed by atoms with Gasteiger partial charge in [-0.3, -0.25) is 4.79 Å². The van der Waals surface area contributed by atoms with E-state index >= 15 is 0 Å². The molecule has 2 aromatic rings. The number of carbonyl (C=O) groups excluding carboxylic acids is 1. The van der Waals surface area contributed by atoms with Crippen molar-refractivity contribution in [1.29, 1.82) is 0 Å². The normalized spacial score (nSPS) is 11.7. The summed E-state index contributed by atoms with van der Waals surface area (Å²) in [6.45, 7) is 2.84. The van der Waals surface area contributed by atoms with E-state index < -0.39 is 0 Å². The number of aryl methyl sites for hydroxylation is 1. The van der Waals surface area contributed by atoms with Crippen LogP contribution in [0.5, 0.6) is 5.75 Å². The predicted molar refractivity (Wildman–Crippen MR) is 93.8 cm³/mol. The molecule has 0 saturated heterocycles. The van der Waals surface area contributed by atoms with Gasteiger partial charge in [-0.15, -0.1) is 0 Å². The minimum Gasteiger partial charge on any atom is -0.497 e. The maximum absolute atomic E-state index is 12.1. The maximum Gasteiger partial charge on any atom is 0.220 e. The average molecular weight is 311 g/mol. The lowest BCUT2D eigenvalue weighted by atomic mass is 9.96. The Labute approximate surface area is 138 Å². The lowest BCUT2D eigenvalue weighted by molar-refractivity contribution is -0.121. The molecule has 0 aromatic heterocycles. The second kappa shape index (κ2) is 8.99. The summed E-state index contributed by atoms with van der Waals surface area (Å²) in [5, 5.41) is 3.06. The molecule has 0 heterocycles. The monoisotopic (exact) mass is 311 g/mol. The van der Waals surface area contributed by atoms with Crippen molar-refractivity contribution in [3.63, 3.8) is 0 Å². The van der Waals surface area contributed by atoms with Gasteiger partial charge >= 0.3 is 0 Å². The molecular weight excluding hydrogens is 286 g/mol. The van der Waals surface area contributed by atoms with Gasteiger partial charge in [-0.2, -0.15) is 0 Å². The summed E-state index contributed by atoms with van der Waals surface area (Å²) >= 11 is 0. The fourth-order valence-electron chi connectivity index (χ4n) is 2.63. The highest BCUT2D eigenvalue weighted by atomic mass is 16.5. The zero-order chi connectivity index (χ0) is 16.5. The highest BCUT2D eigenvalue weighted by molar-refractivity contribution is 5.76. The number of hydrogen-bond acceptors (Lipinski definition) is 2. The van der Waals surface area contributed by atoms with Crippen LogP contribution in [0.1, 0.15) is 36.8 Å². The van der Waals surface area contributed by atoms with Crippen molar-refractivity contribution in [2.24, 2.45) is 0 Å². The number of methoxy groups -OCH3 is 1. The molecule has 2 aromatic carbocycles. The van der Waals surface area contributed by atoms with Crippen LogP contribution < -0.4 is 10.1 Å². The molecule has 0 radical (unpaired) electrons. The second-order valence-corrected chi connectivity index (χ2v) is 5.67. The largest absolute Gasteiger partial charge is 0.497 e. The number of hydrogen-bond donors (Lipinski definition) is 1. The minimum atomic E-state index is 0.0993. The summed E-state index contributed by atoms with van der Waals surface area (Å²) in [5.41, 5.74) is 2.40. The van der Waals surface area contributed by atoms with E-state index in [0.717, 1.165) is 24.2 Å². The van der Waals surface area contributed by atoms with Crippen LogP contribution in [-0.4, -0.2) is 19.6 Å². The van der Waals surface area contributed by atoms with E-state index in [1.165, 1.54) is 5.56 Å². The van der Waals surface area contributed by atoms with Gasteiger partial charge in [-0.1, -0.05) is 49.4 Å². The topological polar surface area (TPSA) is 38.3 Å². The summed E-state index contributed by atoms with van der Waals surface area (Å²) in [5.74, 6) is 1.30. The Hall–Kier alpha value is -2.29. The third-order valence-electron chi connectivity index (χ3n) is 4.08. The molecule has 3 nitrogen and oxygen atoms in total. The maximum atomic E-state index is 12.1. The fourth-order valence-corrected chi connectivity index (χ4v) is 2.63. The Bertz CT molecular complexity index is 610. The molecule has 1 amide bonds. The molecule has 0 saturated carbocycles. The molecule has 0 aliphatic rings. The van der Waals surface area contributed by atoms with Gasteiger partial charge < -0.3 is 10.1 Å². The van der Waals surface area contributed by atoms with Gasteiger partial charge in [-0.25, -0.2) is 0 Å². The minimum absolute atomic E-state index is 0.0993. The van der Waals surface area contributed by atoms with E-state index in [4.69, 9.17) is 4.74 Å². The van der Waals surface area contributed by atoms with Crippen LogP contribution in [0.15, 0.2) is 54.6 Å². The first-order chi connectivity index (χ1) is 11.2. The Morgan fingerprint density at radius 1 is 1.13 bits per heavy atom. The first kappa shape index (κ1) is 17.1. The molecule has 1 unspecified atom stereocenters. The van der Waals surface area contributed by atoms with E-state index in [1.54, 1.807) is 7.11 Å². The Morgan fingerprint density at radius 2 is 1.91 bits per heavy atom. The number of rotatable bonds is 8. The van der Waals surface area contributed by atoms with Crippen molar-refractivity contribution >= 4 is 5.91 Å². The number of carbonyl (C=O) groups is 1. The lowest BCUT2D eigenvalue weighted by Gasteiger charge is -2.16. The van der Waals surface area contributed by atoms with Crippen LogP contribution >= 0.6 is 0 Å². The number of amides is 1. The SMILES string of the molecule is CCC(CNC(=O)CCc1cccc(OC)c1)c1ccccc1. The Kier molecular flexibility index (Phi) is 6.67. The van der Waals surface area contributed by atoms with Crippen molar-refractivity contribution in [3.8, 4) is 5.75 Å². The highest BCUT2D eigenvalue weighted by Gasteiger charge is 2.10. The Balaban J connectivity index is 1.80. The van der Waals surface area contributed by atoms with Gasteiger partial charge in [-0.05, 0) is 36.1 Å². The third kappa shape index (κ3) is 5.44. The summed E-state index contributed by atoms with van der Waals surface area (Å²) in [7, 11) is 1.65. The van der Waals surface area contributed by atoms with E-state index in [2.05, 4.69) is 24.4 Å². The third-order valence-corrected chi connectivity index (χ3v) is 4.08. The number of benzene rings is 2. The number of nitrogens with one attached hydrogen (secondary N) is 1. The van der Waals surface area contributed by atoms with E-state index in [9.17, 15) is 4.79 Å². The smallest absolute Gasteiger partial charge is 0.220 e. The molecule has 122 valence electrons. The summed E-state index contributed by atoms with van der Waals surface area (Å²) in [4.78, 5) is 12.1. The molecule has 1 atom stereocenters. The van der Waals surface area contributed by atoms with E-state index in [-0.39, 0.29) is 5.91 Å². The van der Waals surface area contributed by atoms with Gasteiger partial charge in [0.05, 0.1) is 7.11 Å². The molecule has 2 rings (SSSR count). The molecule has 23 heavy (non-hydrogen) atoms. The molecular formula is C20H25NO2. The average Bonchev–Trinajstić information content (AvgIpc) is 2.61.